The first-order valence-electron chi connectivity index (χ1n) is 5.02. The van der Waals surface area contributed by atoms with Gasteiger partial charge in [0.25, 0.3) is 5.69 Å². The summed E-state index contributed by atoms with van der Waals surface area (Å²) in [4.78, 5) is 10.3. The molecule has 1 aromatic carbocycles. The Labute approximate surface area is 93.9 Å². The zero-order valence-corrected chi connectivity index (χ0v) is 10.5. The number of fused-ring (bicyclic) bond motifs is 1. The Kier molecular flexibility index (Phi) is 2.31. The van der Waals surface area contributed by atoms with Gasteiger partial charge in [-0.1, -0.05) is 0 Å². The van der Waals surface area contributed by atoms with Gasteiger partial charge in [0.1, 0.15) is 0 Å². The van der Waals surface area contributed by atoms with Crippen LogP contribution in [-0.2, 0) is 0 Å². The highest BCUT2D eigenvalue weighted by Gasteiger charge is 2.18. The number of benzene rings is 1. The highest BCUT2D eigenvalue weighted by molar-refractivity contribution is 6.74. The van der Waals surface area contributed by atoms with Crippen molar-refractivity contribution in [3.63, 3.8) is 0 Å². The Morgan fingerprint density at radius 3 is 2.62 bits per heavy atom. The lowest BCUT2D eigenvalue weighted by Gasteiger charge is -2.15. The van der Waals surface area contributed by atoms with Gasteiger partial charge in [0, 0.05) is 23.7 Å². The molecule has 0 aliphatic carbocycles. The number of aromatic nitrogens is 2. The van der Waals surface area contributed by atoms with Gasteiger partial charge in [-0.3, -0.25) is 10.1 Å². The molecule has 0 fully saturated rings. The van der Waals surface area contributed by atoms with Gasteiger partial charge < -0.3 is 4.35 Å². The standard InChI is InChI=1S/C10H13N3O2Si/c1-16(2,3)12-7-8-6-9(13(14)15)4-5-10(8)11-12/h4-7H,1-3H3. The lowest BCUT2D eigenvalue weighted by Crippen LogP contribution is -2.32. The highest BCUT2D eigenvalue weighted by atomic mass is 28.3. The van der Waals surface area contributed by atoms with E-state index in [0.717, 1.165) is 10.9 Å². The first-order chi connectivity index (χ1) is 7.38. The summed E-state index contributed by atoms with van der Waals surface area (Å²) in [7, 11) is -1.53. The molecule has 0 aliphatic heterocycles. The summed E-state index contributed by atoms with van der Waals surface area (Å²) in [5, 5.41) is 15.9. The molecule has 0 bridgehead atoms. The molecule has 0 saturated carbocycles. The molecule has 16 heavy (non-hydrogen) atoms. The monoisotopic (exact) mass is 235 g/mol. The molecule has 0 unspecified atom stereocenters. The van der Waals surface area contributed by atoms with Crippen molar-refractivity contribution in [3.8, 4) is 0 Å². The van der Waals surface area contributed by atoms with Crippen LogP contribution >= 0.6 is 0 Å². The van der Waals surface area contributed by atoms with E-state index in [4.69, 9.17) is 0 Å². The minimum atomic E-state index is -1.53. The molecule has 2 rings (SSSR count). The summed E-state index contributed by atoms with van der Waals surface area (Å²) in [5.74, 6) is 0. The Morgan fingerprint density at radius 2 is 2.06 bits per heavy atom. The van der Waals surface area contributed by atoms with E-state index in [9.17, 15) is 10.1 Å². The molecule has 0 radical (unpaired) electrons. The van der Waals surface area contributed by atoms with E-state index in [1.165, 1.54) is 6.07 Å². The van der Waals surface area contributed by atoms with Gasteiger partial charge in [-0.25, -0.2) is 0 Å². The summed E-state index contributed by atoms with van der Waals surface area (Å²) < 4.78 is 1.96. The minimum Gasteiger partial charge on any atom is -0.301 e. The number of nitro benzene ring substituents is 1. The Bertz CT molecular complexity index is 557. The molecule has 5 nitrogen and oxygen atoms in total. The molecule has 0 N–H and O–H groups in total. The second-order valence-corrected chi connectivity index (χ2v) is 9.54. The van der Waals surface area contributed by atoms with E-state index in [-0.39, 0.29) is 10.6 Å². The van der Waals surface area contributed by atoms with Crippen molar-refractivity contribution in [2.24, 2.45) is 0 Å². The third kappa shape index (κ3) is 1.83. The maximum absolute atomic E-state index is 10.6. The summed E-state index contributed by atoms with van der Waals surface area (Å²) >= 11 is 0. The minimum absolute atomic E-state index is 0.114. The average Bonchev–Trinajstić information content (AvgIpc) is 2.58. The second-order valence-electron chi connectivity index (χ2n) is 4.74. The van der Waals surface area contributed by atoms with Crippen LogP contribution in [0.3, 0.4) is 0 Å². The van der Waals surface area contributed by atoms with Crippen LogP contribution in [0.15, 0.2) is 24.4 Å². The first kappa shape index (κ1) is 10.8. The van der Waals surface area contributed by atoms with E-state index >= 15 is 0 Å². The van der Waals surface area contributed by atoms with Crippen molar-refractivity contribution in [1.82, 2.24) is 9.45 Å². The number of hydrogen-bond acceptors (Lipinski definition) is 3. The Morgan fingerprint density at radius 1 is 1.38 bits per heavy atom. The first-order valence-corrected chi connectivity index (χ1v) is 8.47. The third-order valence-corrected chi connectivity index (χ3v) is 3.99. The predicted octanol–water partition coefficient (Wildman–Crippen LogP) is 2.63. The molecule has 0 amide bonds. The van der Waals surface area contributed by atoms with Crippen LogP contribution < -0.4 is 0 Å². The van der Waals surface area contributed by atoms with Gasteiger partial charge in [-0.2, -0.15) is 5.10 Å². The van der Waals surface area contributed by atoms with Crippen molar-refractivity contribution < 1.29 is 4.92 Å². The van der Waals surface area contributed by atoms with Crippen molar-refractivity contribution in [2.45, 2.75) is 19.6 Å². The van der Waals surface area contributed by atoms with Crippen LogP contribution in [0, 0.1) is 10.1 Å². The largest absolute Gasteiger partial charge is 0.301 e. The van der Waals surface area contributed by atoms with E-state index < -0.39 is 8.24 Å². The molecule has 84 valence electrons. The third-order valence-electron chi connectivity index (χ3n) is 2.39. The molecule has 2 aromatic rings. The van der Waals surface area contributed by atoms with Gasteiger partial charge in [0.15, 0.2) is 8.24 Å². The molecular formula is C10H13N3O2Si. The van der Waals surface area contributed by atoms with E-state index in [0.29, 0.717) is 0 Å². The summed E-state index contributed by atoms with van der Waals surface area (Å²) in [6, 6.07) is 4.76. The van der Waals surface area contributed by atoms with E-state index in [1.807, 2.05) is 10.5 Å². The molecule has 0 aliphatic rings. The molecule has 1 aromatic heterocycles. The number of nitrogens with zero attached hydrogens (tertiary/aromatic N) is 3. The molecule has 1 heterocycles. The van der Waals surface area contributed by atoms with Crippen molar-refractivity contribution >= 4 is 24.8 Å². The van der Waals surface area contributed by atoms with Gasteiger partial charge in [0.05, 0.1) is 10.4 Å². The summed E-state index contributed by atoms with van der Waals surface area (Å²) in [5.41, 5.74) is 0.927. The van der Waals surface area contributed by atoms with Crippen LogP contribution in [0.1, 0.15) is 0 Å². The molecule has 6 heteroatoms. The molecule has 0 spiro atoms. The number of hydrogen-bond donors (Lipinski definition) is 0. The SMILES string of the molecule is C[Si](C)(C)n1cc2cc([N+](=O)[O-])ccc2n1. The number of nitro groups is 1. The van der Waals surface area contributed by atoms with E-state index in [1.54, 1.807) is 12.1 Å². The number of rotatable bonds is 2. The smallest absolute Gasteiger partial charge is 0.270 e. The summed E-state index contributed by atoms with van der Waals surface area (Å²) in [6.07, 6.45) is 1.90. The fourth-order valence-electron chi connectivity index (χ4n) is 1.47. The van der Waals surface area contributed by atoms with Crippen LogP contribution in [0.2, 0.25) is 19.6 Å². The fraction of sp³-hybridized carbons (Fsp3) is 0.300. The van der Waals surface area contributed by atoms with Crippen LogP contribution in [0.25, 0.3) is 10.9 Å². The lowest BCUT2D eigenvalue weighted by atomic mass is 10.2. The lowest BCUT2D eigenvalue weighted by molar-refractivity contribution is -0.384. The zero-order chi connectivity index (χ0) is 11.9. The predicted molar refractivity (Wildman–Crippen MR) is 65.1 cm³/mol. The normalized spacial score (nSPS) is 11.9. The molecular weight excluding hydrogens is 222 g/mol. The fourth-order valence-corrected chi connectivity index (χ4v) is 2.40. The van der Waals surface area contributed by atoms with Gasteiger partial charge in [-0.15, -0.1) is 0 Å². The average molecular weight is 235 g/mol. The highest BCUT2D eigenvalue weighted by Crippen LogP contribution is 2.21. The summed E-state index contributed by atoms with van der Waals surface area (Å²) in [6.45, 7) is 6.52. The van der Waals surface area contributed by atoms with Crippen LogP contribution in [-0.4, -0.2) is 22.6 Å². The Balaban J connectivity index is 2.59. The van der Waals surface area contributed by atoms with Crippen molar-refractivity contribution in [3.05, 3.63) is 34.5 Å². The number of non-ortho nitro benzene ring substituents is 1. The quantitative estimate of drug-likeness (QED) is 0.456. The molecule has 0 atom stereocenters. The van der Waals surface area contributed by atoms with Crippen molar-refractivity contribution in [2.75, 3.05) is 0 Å². The van der Waals surface area contributed by atoms with E-state index in [2.05, 4.69) is 24.7 Å². The second kappa shape index (κ2) is 3.41. The van der Waals surface area contributed by atoms with Crippen LogP contribution in [0.4, 0.5) is 5.69 Å². The maximum Gasteiger partial charge on any atom is 0.270 e. The molecule has 0 saturated heterocycles. The van der Waals surface area contributed by atoms with Crippen LogP contribution in [0.5, 0.6) is 0 Å². The van der Waals surface area contributed by atoms with Gasteiger partial charge >= 0.3 is 0 Å². The Hall–Kier alpha value is -1.69. The topological polar surface area (TPSA) is 61.0 Å². The zero-order valence-electron chi connectivity index (χ0n) is 9.47. The maximum atomic E-state index is 10.6. The van der Waals surface area contributed by atoms with Crippen molar-refractivity contribution in [1.29, 1.82) is 0 Å². The van der Waals surface area contributed by atoms with Gasteiger partial charge in [-0.05, 0) is 25.7 Å². The van der Waals surface area contributed by atoms with Gasteiger partial charge in [0.2, 0.25) is 0 Å².